The largest absolute Gasteiger partial charge is 0.342 e. The molecule has 0 bridgehead atoms. The molecule has 104 valence electrons. The molecule has 3 heteroatoms. The van der Waals surface area contributed by atoms with E-state index >= 15 is 0 Å². The van der Waals surface area contributed by atoms with Gasteiger partial charge in [0, 0.05) is 24.3 Å². The summed E-state index contributed by atoms with van der Waals surface area (Å²) in [5.41, 5.74) is 2.57. The predicted octanol–water partition coefficient (Wildman–Crippen LogP) is 3.56. The monoisotopic (exact) mass is 323 g/mol. The molecule has 1 aliphatic rings. The Morgan fingerprint density at radius 3 is 2.84 bits per heavy atom. The second kappa shape index (κ2) is 6.56. The van der Waals surface area contributed by atoms with E-state index in [1.54, 1.807) is 0 Å². The summed E-state index contributed by atoms with van der Waals surface area (Å²) in [7, 11) is 0. The van der Waals surface area contributed by atoms with Crippen LogP contribution in [0.25, 0.3) is 0 Å². The number of hydrogen-bond acceptors (Lipinski definition) is 1. The smallest absolute Gasteiger partial charge is 0.222 e. The first kappa shape index (κ1) is 14.6. The summed E-state index contributed by atoms with van der Waals surface area (Å²) < 4.78 is 0. The van der Waals surface area contributed by atoms with Gasteiger partial charge in [-0.05, 0) is 36.8 Å². The molecule has 0 saturated carbocycles. The van der Waals surface area contributed by atoms with Crippen LogP contribution in [0.4, 0.5) is 0 Å². The second-order valence-corrected chi connectivity index (χ2v) is 6.72. The van der Waals surface area contributed by atoms with Gasteiger partial charge in [-0.25, -0.2) is 0 Å². The van der Waals surface area contributed by atoms with Crippen molar-refractivity contribution < 1.29 is 4.79 Å². The van der Waals surface area contributed by atoms with Gasteiger partial charge in [0.05, 0.1) is 0 Å². The highest BCUT2D eigenvalue weighted by atomic mass is 79.9. The molecule has 1 aromatic rings. The summed E-state index contributed by atoms with van der Waals surface area (Å²) in [5, 5.41) is 0. The fraction of sp³-hybridized carbons (Fsp3) is 0.562. The van der Waals surface area contributed by atoms with Gasteiger partial charge in [-0.3, -0.25) is 4.79 Å². The number of carbonyl (C=O) groups excluding carboxylic acids is 1. The molecule has 1 fully saturated rings. The van der Waals surface area contributed by atoms with Crippen LogP contribution in [-0.4, -0.2) is 28.7 Å². The minimum atomic E-state index is 0.300. The number of piperidine rings is 1. The number of rotatable bonds is 3. The molecule has 2 atom stereocenters. The van der Waals surface area contributed by atoms with Gasteiger partial charge in [0.2, 0.25) is 5.91 Å². The molecule has 1 amide bonds. The Balaban J connectivity index is 1.87. The Bertz CT molecular complexity index is 446. The SMILES string of the molecule is Cc1ccccc1CCC(=O)N1CCC(Br)C(C)C1. The molecule has 0 spiro atoms. The van der Waals surface area contributed by atoms with E-state index in [2.05, 4.69) is 41.9 Å². The number of hydrogen-bond donors (Lipinski definition) is 0. The van der Waals surface area contributed by atoms with E-state index in [0.29, 0.717) is 23.1 Å². The number of alkyl halides is 1. The van der Waals surface area contributed by atoms with Crippen LogP contribution < -0.4 is 0 Å². The summed E-state index contributed by atoms with van der Waals surface area (Å²) in [5.74, 6) is 0.852. The molecule has 2 rings (SSSR count). The number of aryl methyl sites for hydroxylation is 2. The fourth-order valence-electron chi connectivity index (χ4n) is 2.63. The lowest BCUT2D eigenvalue weighted by atomic mass is 9.99. The number of likely N-dealkylation sites (tertiary alicyclic amines) is 1. The standard InChI is InChI=1S/C16H22BrNO/c1-12-5-3-4-6-14(12)7-8-16(19)18-10-9-15(17)13(2)11-18/h3-6,13,15H,7-11H2,1-2H3. The third-order valence-electron chi connectivity index (χ3n) is 4.02. The van der Waals surface area contributed by atoms with E-state index in [0.717, 1.165) is 25.9 Å². The van der Waals surface area contributed by atoms with Crippen LogP contribution in [0, 0.1) is 12.8 Å². The van der Waals surface area contributed by atoms with E-state index < -0.39 is 0 Å². The van der Waals surface area contributed by atoms with Crippen LogP contribution in [0.1, 0.15) is 30.9 Å². The zero-order valence-corrected chi connectivity index (χ0v) is 13.3. The molecule has 1 saturated heterocycles. The van der Waals surface area contributed by atoms with Crippen LogP contribution in [0.5, 0.6) is 0 Å². The minimum Gasteiger partial charge on any atom is -0.342 e. The maximum Gasteiger partial charge on any atom is 0.222 e. The Labute approximate surface area is 124 Å². The van der Waals surface area contributed by atoms with Gasteiger partial charge in [-0.2, -0.15) is 0 Å². The quantitative estimate of drug-likeness (QED) is 0.779. The maximum absolute atomic E-state index is 12.2. The molecule has 2 nitrogen and oxygen atoms in total. The molecule has 0 N–H and O–H groups in total. The van der Waals surface area contributed by atoms with Gasteiger partial charge in [0.1, 0.15) is 0 Å². The predicted molar refractivity (Wildman–Crippen MR) is 82.6 cm³/mol. The van der Waals surface area contributed by atoms with Crippen molar-refractivity contribution in [3.05, 3.63) is 35.4 Å². The first-order chi connectivity index (χ1) is 9.08. The summed E-state index contributed by atoms with van der Waals surface area (Å²) >= 11 is 3.68. The Kier molecular flexibility index (Phi) is 5.03. The van der Waals surface area contributed by atoms with E-state index in [4.69, 9.17) is 0 Å². The van der Waals surface area contributed by atoms with Crippen molar-refractivity contribution in [1.82, 2.24) is 4.90 Å². The normalized spacial score (nSPS) is 23.4. The second-order valence-electron chi connectivity index (χ2n) is 5.55. The van der Waals surface area contributed by atoms with Crippen molar-refractivity contribution in [2.75, 3.05) is 13.1 Å². The third kappa shape index (κ3) is 3.82. The molecule has 2 unspecified atom stereocenters. The van der Waals surface area contributed by atoms with Gasteiger partial charge >= 0.3 is 0 Å². The van der Waals surface area contributed by atoms with Crippen molar-refractivity contribution >= 4 is 21.8 Å². The van der Waals surface area contributed by atoms with E-state index in [1.807, 2.05) is 17.0 Å². The summed E-state index contributed by atoms with van der Waals surface area (Å²) in [6.45, 7) is 6.10. The Hall–Kier alpha value is -0.830. The Morgan fingerprint density at radius 1 is 1.42 bits per heavy atom. The summed E-state index contributed by atoms with van der Waals surface area (Å²) in [6.07, 6.45) is 2.55. The molecule has 1 aromatic carbocycles. The van der Waals surface area contributed by atoms with Crippen molar-refractivity contribution in [1.29, 1.82) is 0 Å². The van der Waals surface area contributed by atoms with Gasteiger partial charge in [-0.1, -0.05) is 47.1 Å². The number of benzene rings is 1. The first-order valence-corrected chi connectivity index (χ1v) is 7.96. The summed E-state index contributed by atoms with van der Waals surface area (Å²) in [4.78, 5) is 14.8. The number of nitrogens with zero attached hydrogens (tertiary/aromatic N) is 1. The summed E-state index contributed by atoms with van der Waals surface area (Å²) in [6, 6.07) is 8.32. The topological polar surface area (TPSA) is 20.3 Å². The van der Waals surface area contributed by atoms with E-state index in [1.165, 1.54) is 11.1 Å². The number of halogens is 1. The first-order valence-electron chi connectivity index (χ1n) is 7.04. The van der Waals surface area contributed by atoms with Crippen molar-refractivity contribution in [2.24, 2.45) is 5.92 Å². The molecule has 0 aromatic heterocycles. The fourth-order valence-corrected chi connectivity index (χ4v) is 3.01. The zero-order valence-electron chi connectivity index (χ0n) is 11.7. The average Bonchev–Trinajstić information content (AvgIpc) is 2.40. The van der Waals surface area contributed by atoms with Crippen molar-refractivity contribution in [2.45, 2.75) is 37.9 Å². The molecular formula is C16H22BrNO. The van der Waals surface area contributed by atoms with Crippen molar-refractivity contribution in [3.8, 4) is 0 Å². The van der Waals surface area contributed by atoms with Gasteiger partial charge in [0.15, 0.2) is 0 Å². The lowest BCUT2D eigenvalue weighted by Gasteiger charge is -2.34. The van der Waals surface area contributed by atoms with Crippen molar-refractivity contribution in [3.63, 3.8) is 0 Å². The highest BCUT2D eigenvalue weighted by molar-refractivity contribution is 9.09. The molecule has 0 radical (unpaired) electrons. The Morgan fingerprint density at radius 2 is 2.16 bits per heavy atom. The molecule has 1 heterocycles. The number of carbonyl (C=O) groups is 1. The van der Waals surface area contributed by atoms with Crippen LogP contribution >= 0.6 is 15.9 Å². The highest BCUT2D eigenvalue weighted by Crippen LogP contribution is 2.24. The maximum atomic E-state index is 12.2. The molecule has 19 heavy (non-hydrogen) atoms. The highest BCUT2D eigenvalue weighted by Gasteiger charge is 2.26. The van der Waals surface area contributed by atoms with Gasteiger partial charge in [0.25, 0.3) is 0 Å². The van der Waals surface area contributed by atoms with Gasteiger partial charge in [-0.15, -0.1) is 0 Å². The van der Waals surface area contributed by atoms with E-state index in [9.17, 15) is 4.79 Å². The van der Waals surface area contributed by atoms with Crippen LogP contribution in [0.15, 0.2) is 24.3 Å². The molecule has 1 aliphatic heterocycles. The average molecular weight is 324 g/mol. The van der Waals surface area contributed by atoms with Crippen LogP contribution in [0.3, 0.4) is 0 Å². The molecule has 0 aliphatic carbocycles. The van der Waals surface area contributed by atoms with Crippen LogP contribution in [-0.2, 0) is 11.2 Å². The lowest BCUT2D eigenvalue weighted by Crippen LogP contribution is -2.43. The van der Waals surface area contributed by atoms with Gasteiger partial charge < -0.3 is 4.90 Å². The minimum absolute atomic E-state index is 0.300. The van der Waals surface area contributed by atoms with E-state index in [-0.39, 0.29) is 0 Å². The lowest BCUT2D eigenvalue weighted by molar-refractivity contribution is -0.132. The zero-order chi connectivity index (χ0) is 13.8. The third-order valence-corrected chi connectivity index (χ3v) is 5.38. The number of amides is 1. The van der Waals surface area contributed by atoms with Crippen LogP contribution in [0.2, 0.25) is 0 Å². The molecular weight excluding hydrogens is 302 g/mol.